The van der Waals surface area contributed by atoms with Crippen molar-refractivity contribution in [3.63, 3.8) is 0 Å². The molecule has 0 bridgehead atoms. The maximum atomic E-state index is 5.69. The Morgan fingerprint density at radius 3 is 2.93 bits per heavy atom. The maximum absolute atomic E-state index is 5.69. The Bertz CT molecular complexity index is 965. The molecule has 1 aliphatic rings. The Balaban J connectivity index is 1.59. The van der Waals surface area contributed by atoms with Gasteiger partial charge < -0.3 is 13.9 Å². The minimum atomic E-state index is 0.245. The molecule has 0 aliphatic carbocycles. The van der Waals surface area contributed by atoms with Crippen molar-refractivity contribution in [1.29, 1.82) is 0 Å². The van der Waals surface area contributed by atoms with E-state index in [4.69, 9.17) is 26.1 Å². The quantitative estimate of drug-likeness (QED) is 0.554. The van der Waals surface area contributed by atoms with E-state index in [0.717, 1.165) is 41.3 Å². The second-order valence-electron chi connectivity index (χ2n) is 6.37. The van der Waals surface area contributed by atoms with Gasteiger partial charge in [-0.05, 0) is 42.6 Å². The van der Waals surface area contributed by atoms with Crippen molar-refractivity contribution in [2.75, 3.05) is 20.8 Å². The molecule has 0 saturated carbocycles. The molecule has 8 heteroatoms. The van der Waals surface area contributed by atoms with Crippen LogP contribution < -0.4 is 9.47 Å². The van der Waals surface area contributed by atoms with Gasteiger partial charge in [0.15, 0.2) is 0 Å². The fourth-order valence-corrected chi connectivity index (χ4v) is 4.33. The van der Waals surface area contributed by atoms with E-state index in [1.807, 2.05) is 29.6 Å². The van der Waals surface area contributed by atoms with Gasteiger partial charge in [-0.15, -0.1) is 16.4 Å². The van der Waals surface area contributed by atoms with Crippen molar-refractivity contribution in [2.45, 2.75) is 25.6 Å². The van der Waals surface area contributed by atoms with Crippen molar-refractivity contribution >= 4 is 23.6 Å². The summed E-state index contributed by atoms with van der Waals surface area (Å²) in [6, 6.07) is 10.2. The number of benzene rings is 1. The molecule has 4 rings (SSSR count). The zero-order chi connectivity index (χ0) is 18.8. The summed E-state index contributed by atoms with van der Waals surface area (Å²) in [5, 5.41) is 6.58. The molecule has 27 heavy (non-hydrogen) atoms. The molecule has 1 atom stereocenters. The number of methoxy groups -OCH3 is 2. The third kappa shape index (κ3) is 3.65. The summed E-state index contributed by atoms with van der Waals surface area (Å²) in [5.41, 5.74) is 1.16. The van der Waals surface area contributed by atoms with Gasteiger partial charge in [-0.1, -0.05) is 12.1 Å². The Kier molecular flexibility index (Phi) is 5.29. The lowest BCUT2D eigenvalue weighted by atomic mass is 10.0. The number of ether oxygens (including phenoxy) is 2. The number of thiophene rings is 1. The van der Waals surface area contributed by atoms with E-state index in [-0.39, 0.29) is 6.04 Å². The van der Waals surface area contributed by atoms with E-state index < -0.39 is 0 Å². The molecule has 1 aromatic carbocycles. The molecule has 1 saturated heterocycles. The Morgan fingerprint density at radius 2 is 2.19 bits per heavy atom. The third-order valence-corrected chi connectivity index (χ3v) is 5.97. The first-order valence-corrected chi connectivity index (χ1v) is 10.1. The van der Waals surface area contributed by atoms with Gasteiger partial charge in [0.1, 0.15) is 11.5 Å². The lowest BCUT2D eigenvalue weighted by Crippen LogP contribution is -2.27. The molecule has 2 aromatic heterocycles. The van der Waals surface area contributed by atoms with Gasteiger partial charge in [0.25, 0.3) is 10.7 Å². The summed E-state index contributed by atoms with van der Waals surface area (Å²) in [6.45, 7) is 1.57. The van der Waals surface area contributed by atoms with Crippen LogP contribution in [0.15, 0.2) is 40.1 Å². The molecule has 0 spiro atoms. The number of nitrogens with zero attached hydrogens (tertiary/aromatic N) is 3. The predicted molar refractivity (Wildman–Crippen MR) is 107 cm³/mol. The predicted octanol–water partition coefficient (Wildman–Crippen LogP) is 4.75. The van der Waals surface area contributed by atoms with E-state index in [9.17, 15) is 0 Å². The molecule has 0 N–H and O–H groups in total. The first-order valence-electron chi connectivity index (χ1n) is 8.77. The molecular weight excluding hydrogens is 382 g/mol. The highest BCUT2D eigenvalue weighted by atomic mass is 32.1. The minimum Gasteiger partial charge on any atom is -0.497 e. The van der Waals surface area contributed by atoms with Gasteiger partial charge in [0.2, 0.25) is 0 Å². The largest absolute Gasteiger partial charge is 0.497 e. The summed E-state index contributed by atoms with van der Waals surface area (Å²) in [5.74, 6) is 2.21. The van der Waals surface area contributed by atoms with Crippen LogP contribution >= 0.6 is 23.6 Å². The number of hydrogen-bond donors (Lipinski definition) is 0. The van der Waals surface area contributed by atoms with Crippen LogP contribution in [0, 0.1) is 4.84 Å². The van der Waals surface area contributed by atoms with Crippen LogP contribution in [-0.2, 0) is 6.67 Å². The molecule has 0 radical (unpaired) electrons. The average Bonchev–Trinajstić information content (AvgIpc) is 3.43. The van der Waals surface area contributed by atoms with Crippen LogP contribution in [0.2, 0.25) is 0 Å². The second-order valence-corrected chi connectivity index (χ2v) is 7.67. The lowest BCUT2D eigenvalue weighted by Gasteiger charge is -2.25. The van der Waals surface area contributed by atoms with Gasteiger partial charge in [-0.2, -0.15) is 0 Å². The summed E-state index contributed by atoms with van der Waals surface area (Å²) in [4.78, 5) is 3.74. The van der Waals surface area contributed by atoms with Crippen LogP contribution in [0.4, 0.5) is 0 Å². The molecule has 3 aromatic rings. The first kappa shape index (κ1) is 18.2. The van der Waals surface area contributed by atoms with E-state index in [1.165, 1.54) is 0 Å². The molecule has 142 valence electrons. The van der Waals surface area contributed by atoms with Crippen molar-refractivity contribution in [3.8, 4) is 22.3 Å². The fraction of sp³-hybridized carbons (Fsp3) is 0.368. The Morgan fingerprint density at radius 1 is 1.30 bits per heavy atom. The van der Waals surface area contributed by atoms with Crippen molar-refractivity contribution in [3.05, 3.63) is 46.1 Å². The van der Waals surface area contributed by atoms with Gasteiger partial charge in [-0.3, -0.25) is 4.90 Å². The van der Waals surface area contributed by atoms with Crippen LogP contribution in [0.25, 0.3) is 10.8 Å². The summed E-state index contributed by atoms with van der Waals surface area (Å²) >= 11 is 6.98. The number of rotatable bonds is 6. The molecule has 6 nitrogen and oxygen atoms in total. The van der Waals surface area contributed by atoms with E-state index >= 15 is 0 Å². The molecule has 1 aliphatic heterocycles. The number of aromatic nitrogens is 2. The maximum Gasteiger partial charge on any atom is 0.288 e. The highest BCUT2D eigenvalue weighted by molar-refractivity contribution is 7.71. The number of likely N-dealkylation sites (tertiary alicyclic amines) is 1. The first-order chi connectivity index (χ1) is 13.2. The van der Waals surface area contributed by atoms with E-state index in [2.05, 4.69) is 16.1 Å². The highest BCUT2D eigenvalue weighted by Crippen LogP contribution is 2.39. The third-order valence-electron chi connectivity index (χ3n) is 4.82. The molecular formula is C19H21N3O3S2. The second kappa shape index (κ2) is 7.84. The molecule has 3 heterocycles. The minimum absolute atomic E-state index is 0.245. The van der Waals surface area contributed by atoms with E-state index in [1.54, 1.807) is 30.2 Å². The van der Waals surface area contributed by atoms with Crippen LogP contribution in [0.3, 0.4) is 0 Å². The fourth-order valence-electron chi connectivity index (χ4n) is 3.51. The normalized spacial score (nSPS) is 17.3. The van der Waals surface area contributed by atoms with Crippen molar-refractivity contribution in [2.24, 2.45) is 0 Å². The summed E-state index contributed by atoms with van der Waals surface area (Å²) in [6.07, 6.45) is 2.18. The topological polar surface area (TPSA) is 52.7 Å². The van der Waals surface area contributed by atoms with Crippen LogP contribution in [-0.4, -0.2) is 35.4 Å². The van der Waals surface area contributed by atoms with Crippen molar-refractivity contribution < 1.29 is 13.9 Å². The SMILES string of the molecule is COc1ccc([C@H]2CCCN2Cn2nc(-c3cccs3)oc2=S)c(OC)c1. The van der Waals surface area contributed by atoms with Crippen molar-refractivity contribution in [1.82, 2.24) is 14.7 Å². The standard InChI is InChI=1S/C19H21N3O3S2/c1-23-13-7-8-14(16(11-13)24-2)15-5-3-9-21(15)12-22-19(26)25-18(20-22)17-6-4-10-27-17/h4,6-8,10-11,15H,3,5,9,12H2,1-2H3/t15-/m1/s1. The van der Waals surface area contributed by atoms with Gasteiger partial charge in [0.05, 0.1) is 25.8 Å². The zero-order valence-electron chi connectivity index (χ0n) is 15.3. The number of hydrogen-bond acceptors (Lipinski definition) is 7. The van der Waals surface area contributed by atoms with Crippen LogP contribution in [0.5, 0.6) is 11.5 Å². The summed E-state index contributed by atoms with van der Waals surface area (Å²) in [7, 11) is 3.35. The monoisotopic (exact) mass is 403 g/mol. The zero-order valence-corrected chi connectivity index (χ0v) is 16.9. The highest BCUT2D eigenvalue weighted by Gasteiger charge is 2.29. The van der Waals surface area contributed by atoms with E-state index in [0.29, 0.717) is 17.4 Å². The molecule has 0 unspecified atom stereocenters. The van der Waals surface area contributed by atoms with Gasteiger partial charge in [0, 0.05) is 24.2 Å². The van der Waals surface area contributed by atoms with Gasteiger partial charge in [-0.25, -0.2) is 4.68 Å². The Hall–Kier alpha value is -2.16. The average molecular weight is 404 g/mol. The molecule has 1 fully saturated rings. The molecule has 0 amide bonds. The lowest BCUT2D eigenvalue weighted by molar-refractivity contribution is 0.185. The van der Waals surface area contributed by atoms with Gasteiger partial charge >= 0.3 is 0 Å². The summed E-state index contributed by atoms with van der Waals surface area (Å²) < 4.78 is 18.4. The smallest absolute Gasteiger partial charge is 0.288 e. The van der Waals surface area contributed by atoms with Crippen LogP contribution in [0.1, 0.15) is 24.4 Å². The Labute approximate surface area is 166 Å².